The maximum atomic E-state index is 12.1. The van der Waals surface area contributed by atoms with Gasteiger partial charge < -0.3 is 20.6 Å². The number of carboxylic acids is 3. The van der Waals surface area contributed by atoms with E-state index in [1.807, 2.05) is 6.92 Å². The molecular formula is C13H19NO7. The van der Waals surface area contributed by atoms with E-state index in [0.717, 1.165) is 0 Å². The van der Waals surface area contributed by atoms with Gasteiger partial charge in [-0.15, -0.1) is 0 Å². The van der Waals surface area contributed by atoms with E-state index < -0.39 is 42.2 Å². The van der Waals surface area contributed by atoms with Gasteiger partial charge in [0.15, 0.2) is 0 Å². The van der Waals surface area contributed by atoms with Gasteiger partial charge in [-0.2, -0.15) is 0 Å². The zero-order valence-electron chi connectivity index (χ0n) is 11.6. The second-order valence-electron chi connectivity index (χ2n) is 5.42. The first-order chi connectivity index (χ1) is 9.72. The summed E-state index contributed by atoms with van der Waals surface area (Å²) in [6.45, 7) is 1.85. The van der Waals surface area contributed by atoms with Gasteiger partial charge in [-0.1, -0.05) is 6.92 Å². The molecule has 1 aliphatic carbocycles. The Morgan fingerprint density at radius 1 is 1.10 bits per heavy atom. The topological polar surface area (TPSA) is 141 Å². The number of hydrogen-bond donors (Lipinski definition) is 4. The molecule has 0 heterocycles. The molecule has 0 aliphatic heterocycles. The Labute approximate surface area is 121 Å². The molecule has 1 fully saturated rings. The maximum Gasteiger partial charge on any atom is 0.326 e. The van der Waals surface area contributed by atoms with Crippen LogP contribution in [0, 0.1) is 17.8 Å². The van der Waals surface area contributed by atoms with Crippen LogP contribution in [0.3, 0.4) is 0 Å². The quantitative estimate of drug-likeness (QED) is 0.525. The first-order valence-corrected chi connectivity index (χ1v) is 6.69. The van der Waals surface area contributed by atoms with Gasteiger partial charge >= 0.3 is 17.9 Å². The summed E-state index contributed by atoms with van der Waals surface area (Å²) in [7, 11) is 0. The van der Waals surface area contributed by atoms with Crippen molar-refractivity contribution < 1.29 is 34.5 Å². The van der Waals surface area contributed by atoms with E-state index in [1.165, 1.54) is 0 Å². The molecule has 1 saturated carbocycles. The summed E-state index contributed by atoms with van der Waals surface area (Å²) in [5, 5.41) is 28.6. The number of carbonyl (C=O) groups is 4. The van der Waals surface area contributed by atoms with Gasteiger partial charge in [-0.25, -0.2) is 4.79 Å². The fraction of sp³-hybridized carbons (Fsp3) is 0.692. The highest BCUT2D eigenvalue weighted by molar-refractivity contribution is 5.88. The zero-order valence-corrected chi connectivity index (χ0v) is 11.6. The summed E-state index contributed by atoms with van der Waals surface area (Å²) in [5.41, 5.74) is 0. The minimum atomic E-state index is -1.50. The summed E-state index contributed by atoms with van der Waals surface area (Å²) in [6, 6.07) is -1.50. The van der Waals surface area contributed by atoms with Crippen molar-refractivity contribution in [3.8, 4) is 0 Å². The summed E-state index contributed by atoms with van der Waals surface area (Å²) in [6.07, 6.45) is 0.292. The molecule has 0 bridgehead atoms. The third-order valence-corrected chi connectivity index (χ3v) is 3.92. The summed E-state index contributed by atoms with van der Waals surface area (Å²) in [4.78, 5) is 44.5. The Kier molecular flexibility index (Phi) is 5.69. The van der Waals surface area contributed by atoms with Crippen LogP contribution in [0.25, 0.3) is 0 Å². The molecular weight excluding hydrogens is 282 g/mol. The lowest BCUT2D eigenvalue weighted by atomic mass is 9.87. The number of rotatable bonds is 7. The van der Waals surface area contributed by atoms with Crippen LogP contribution in [0.15, 0.2) is 0 Å². The summed E-state index contributed by atoms with van der Waals surface area (Å²) in [5.74, 6) is -5.24. The second-order valence-corrected chi connectivity index (χ2v) is 5.42. The van der Waals surface area contributed by atoms with E-state index >= 15 is 0 Å². The molecule has 0 radical (unpaired) electrons. The fourth-order valence-corrected chi connectivity index (χ4v) is 2.79. The Hall–Kier alpha value is -2.12. The molecule has 0 aromatic carbocycles. The fourth-order valence-electron chi connectivity index (χ4n) is 2.79. The van der Waals surface area contributed by atoms with Crippen LogP contribution in [-0.4, -0.2) is 45.2 Å². The average molecular weight is 301 g/mol. The lowest BCUT2D eigenvalue weighted by Crippen LogP contribution is -2.45. The van der Waals surface area contributed by atoms with Gasteiger partial charge in [0.2, 0.25) is 5.91 Å². The molecule has 0 saturated heterocycles. The highest BCUT2D eigenvalue weighted by Gasteiger charge is 2.40. The SMILES string of the molecule is CC1CCC(C(=O)NC(CC(=O)O)C(=O)O)C1CC(=O)O. The number of amides is 1. The van der Waals surface area contributed by atoms with Gasteiger partial charge in [0.1, 0.15) is 6.04 Å². The van der Waals surface area contributed by atoms with Crippen molar-refractivity contribution in [1.29, 1.82) is 0 Å². The standard InChI is InChI=1S/C13H19NO7/c1-6-2-3-7(8(6)4-10(15)16)12(19)14-9(13(20)21)5-11(17)18/h6-9H,2-5H2,1H3,(H,14,19)(H,15,16)(H,17,18)(H,20,21). The van der Waals surface area contributed by atoms with Crippen molar-refractivity contribution in [3.63, 3.8) is 0 Å². The number of carboxylic acid groups (broad SMARTS) is 3. The molecule has 0 aromatic rings. The zero-order chi connectivity index (χ0) is 16.2. The van der Waals surface area contributed by atoms with E-state index in [2.05, 4.69) is 5.32 Å². The van der Waals surface area contributed by atoms with E-state index in [-0.39, 0.29) is 18.3 Å². The molecule has 0 spiro atoms. The molecule has 1 amide bonds. The molecule has 1 aliphatic rings. The first-order valence-electron chi connectivity index (χ1n) is 6.69. The van der Waals surface area contributed by atoms with E-state index in [4.69, 9.17) is 15.3 Å². The molecule has 4 atom stereocenters. The van der Waals surface area contributed by atoms with Crippen LogP contribution in [0.4, 0.5) is 0 Å². The molecule has 118 valence electrons. The Bertz CT molecular complexity index is 448. The van der Waals surface area contributed by atoms with Crippen molar-refractivity contribution in [3.05, 3.63) is 0 Å². The third kappa shape index (κ3) is 4.73. The minimum Gasteiger partial charge on any atom is -0.481 e. The van der Waals surface area contributed by atoms with Crippen LogP contribution >= 0.6 is 0 Å². The maximum absolute atomic E-state index is 12.1. The van der Waals surface area contributed by atoms with Crippen LogP contribution in [0.1, 0.15) is 32.6 Å². The predicted octanol–water partition coefficient (Wildman–Crippen LogP) is 0.168. The highest BCUT2D eigenvalue weighted by atomic mass is 16.4. The Morgan fingerprint density at radius 2 is 1.71 bits per heavy atom. The number of aliphatic carboxylic acids is 3. The van der Waals surface area contributed by atoms with Gasteiger partial charge in [-0.05, 0) is 24.7 Å². The molecule has 8 nitrogen and oxygen atoms in total. The molecule has 0 aromatic heterocycles. The molecule has 4 N–H and O–H groups in total. The summed E-state index contributed by atoms with van der Waals surface area (Å²) < 4.78 is 0. The monoisotopic (exact) mass is 301 g/mol. The van der Waals surface area contributed by atoms with Gasteiger partial charge in [0, 0.05) is 12.3 Å². The second kappa shape index (κ2) is 7.05. The first kappa shape index (κ1) is 16.9. The van der Waals surface area contributed by atoms with Gasteiger partial charge in [0.05, 0.1) is 6.42 Å². The molecule has 21 heavy (non-hydrogen) atoms. The number of hydrogen-bond acceptors (Lipinski definition) is 4. The largest absolute Gasteiger partial charge is 0.481 e. The smallest absolute Gasteiger partial charge is 0.326 e. The van der Waals surface area contributed by atoms with Crippen molar-refractivity contribution in [2.75, 3.05) is 0 Å². The van der Waals surface area contributed by atoms with Gasteiger partial charge in [0.25, 0.3) is 0 Å². The molecule has 1 rings (SSSR count). The number of nitrogens with one attached hydrogen (secondary N) is 1. The molecule has 4 unspecified atom stereocenters. The normalized spacial score (nSPS) is 26.0. The lowest BCUT2D eigenvalue weighted by molar-refractivity contribution is -0.148. The average Bonchev–Trinajstić information content (AvgIpc) is 2.69. The van der Waals surface area contributed by atoms with E-state index in [0.29, 0.717) is 12.8 Å². The molecule has 8 heteroatoms. The lowest BCUT2D eigenvalue weighted by Gasteiger charge is -2.22. The predicted molar refractivity (Wildman–Crippen MR) is 69.5 cm³/mol. The van der Waals surface area contributed by atoms with Crippen LogP contribution < -0.4 is 5.32 Å². The van der Waals surface area contributed by atoms with Crippen molar-refractivity contribution in [1.82, 2.24) is 5.32 Å². The van der Waals surface area contributed by atoms with Crippen LogP contribution in [-0.2, 0) is 19.2 Å². The van der Waals surface area contributed by atoms with E-state index in [9.17, 15) is 19.2 Å². The van der Waals surface area contributed by atoms with Gasteiger partial charge in [-0.3, -0.25) is 14.4 Å². The summed E-state index contributed by atoms with van der Waals surface area (Å²) >= 11 is 0. The van der Waals surface area contributed by atoms with Crippen molar-refractivity contribution in [2.24, 2.45) is 17.8 Å². The van der Waals surface area contributed by atoms with Crippen LogP contribution in [0.2, 0.25) is 0 Å². The Morgan fingerprint density at radius 3 is 2.19 bits per heavy atom. The minimum absolute atomic E-state index is 0.0552. The van der Waals surface area contributed by atoms with Crippen molar-refractivity contribution >= 4 is 23.8 Å². The van der Waals surface area contributed by atoms with Crippen molar-refractivity contribution in [2.45, 2.75) is 38.6 Å². The Balaban J connectivity index is 2.74. The highest BCUT2D eigenvalue weighted by Crippen LogP contribution is 2.39. The van der Waals surface area contributed by atoms with Crippen LogP contribution in [0.5, 0.6) is 0 Å². The number of carbonyl (C=O) groups excluding carboxylic acids is 1. The van der Waals surface area contributed by atoms with E-state index in [1.54, 1.807) is 0 Å². The third-order valence-electron chi connectivity index (χ3n) is 3.92.